The highest BCUT2D eigenvalue weighted by atomic mass is 32.2. The molecule has 2 heterocycles. The highest BCUT2D eigenvalue weighted by Gasteiger charge is 2.64. The second kappa shape index (κ2) is 5.92. The van der Waals surface area contributed by atoms with Gasteiger partial charge in [-0.3, -0.25) is 9.59 Å². The maximum atomic E-state index is 12.3. The Hall–Kier alpha value is -2.26. The van der Waals surface area contributed by atoms with Crippen LogP contribution in [0.1, 0.15) is 25.5 Å². The number of hydrogen-bond acceptors (Lipinski definition) is 6. The number of hydrogen-bond donors (Lipinski definition) is 4. The summed E-state index contributed by atoms with van der Waals surface area (Å²) in [5, 5.41) is 20.9. The summed E-state index contributed by atoms with van der Waals surface area (Å²) < 4.78 is -0.648. The molecule has 3 rings (SSSR count). The summed E-state index contributed by atoms with van der Waals surface area (Å²) in [7, 11) is 0. The van der Waals surface area contributed by atoms with E-state index in [-0.39, 0.29) is 5.75 Å². The van der Waals surface area contributed by atoms with E-state index in [0.717, 1.165) is 0 Å². The molecule has 2 fully saturated rings. The lowest BCUT2D eigenvalue weighted by Gasteiger charge is -2.43. The normalized spacial score (nSPS) is 28.0. The van der Waals surface area contributed by atoms with Crippen molar-refractivity contribution < 1.29 is 24.6 Å². The summed E-state index contributed by atoms with van der Waals surface area (Å²) in [6.07, 6.45) is 0. The Labute approximate surface area is 148 Å². The van der Waals surface area contributed by atoms with E-state index in [1.54, 1.807) is 13.8 Å². The fourth-order valence-electron chi connectivity index (χ4n) is 3.22. The SMILES string of the molecule is CC1(C)S[C@H]2[C@@H](NC(=O)C(N)c3ccc(O)cc3)C(=O)N2C1C(=O)O. The molecule has 2 aliphatic heterocycles. The first-order chi connectivity index (χ1) is 11.6. The minimum absolute atomic E-state index is 0.0606. The van der Waals surface area contributed by atoms with Crippen LogP contribution in [0.25, 0.3) is 0 Å². The van der Waals surface area contributed by atoms with Crippen molar-refractivity contribution in [1.29, 1.82) is 0 Å². The zero-order chi connectivity index (χ0) is 18.5. The van der Waals surface area contributed by atoms with Gasteiger partial charge in [0.25, 0.3) is 0 Å². The molecule has 0 bridgehead atoms. The van der Waals surface area contributed by atoms with Gasteiger partial charge in [-0.15, -0.1) is 11.8 Å². The van der Waals surface area contributed by atoms with Crippen molar-refractivity contribution in [3.8, 4) is 5.75 Å². The first-order valence-corrected chi connectivity index (χ1v) is 8.59. The first-order valence-electron chi connectivity index (χ1n) is 7.71. The van der Waals surface area contributed by atoms with Crippen LogP contribution in [0.15, 0.2) is 24.3 Å². The molecule has 5 N–H and O–H groups in total. The van der Waals surface area contributed by atoms with E-state index in [4.69, 9.17) is 5.73 Å². The largest absolute Gasteiger partial charge is 0.508 e. The summed E-state index contributed by atoms with van der Waals surface area (Å²) in [6, 6.07) is 3.21. The smallest absolute Gasteiger partial charge is 0.327 e. The van der Waals surface area contributed by atoms with Crippen LogP contribution >= 0.6 is 11.8 Å². The van der Waals surface area contributed by atoms with Crippen molar-refractivity contribution in [3.05, 3.63) is 29.8 Å². The number of nitrogens with two attached hydrogens (primary N) is 1. The van der Waals surface area contributed by atoms with E-state index < -0.39 is 46.0 Å². The van der Waals surface area contributed by atoms with E-state index in [0.29, 0.717) is 5.56 Å². The molecule has 2 amide bonds. The molecule has 0 aromatic heterocycles. The number of phenolic OH excluding ortho intramolecular Hbond substituents is 1. The lowest BCUT2D eigenvalue weighted by atomic mass is 9.95. The van der Waals surface area contributed by atoms with E-state index in [9.17, 15) is 24.6 Å². The molecule has 0 aliphatic carbocycles. The van der Waals surface area contributed by atoms with E-state index in [1.807, 2.05) is 0 Å². The maximum Gasteiger partial charge on any atom is 0.327 e. The number of benzene rings is 1. The Morgan fingerprint density at radius 1 is 1.32 bits per heavy atom. The van der Waals surface area contributed by atoms with Gasteiger partial charge in [-0.2, -0.15) is 0 Å². The van der Waals surface area contributed by atoms with Gasteiger partial charge in [0.1, 0.15) is 29.2 Å². The van der Waals surface area contributed by atoms with Gasteiger partial charge in [-0.05, 0) is 31.5 Å². The van der Waals surface area contributed by atoms with Crippen molar-refractivity contribution in [2.24, 2.45) is 5.73 Å². The number of amides is 2. The van der Waals surface area contributed by atoms with Crippen LogP contribution in [0, 0.1) is 0 Å². The van der Waals surface area contributed by atoms with Crippen LogP contribution < -0.4 is 11.1 Å². The summed E-state index contributed by atoms with van der Waals surface area (Å²) in [4.78, 5) is 37.5. The molecular weight excluding hydrogens is 346 g/mol. The minimum Gasteiger partial charge on any atom is -0.508 e. The van der Waals surface area contributed by atoms with Crippen LogP contribution in [0.4, 0.5) is 0 Å². The number of phenols is 1. The lowest BCUT2D eigenvalue weighted by molar-refractivity contribution is -0.161. The van der Waals surface area contributed by atoms with Gasteiger partial charge in [-0.25, -0.2) is 4.79 Å². The molecule has 0 saturated carbocycles. The van der Waals surface area contributed by atoms with Gasteiger partial charge in [0.05, 0.1) is 0 Å². The minimum atomic E-state index is -1.06. The molecule has 9 heteroatoms. The summed E-state index contributed by atoms with van der Waals surface area (Å²) >= 11 is 1.35. The molecule has 8 nitrogen and oxygen atoms in total. The van der Waals surface area contributed by atoms with Gasteiger partial charge in [0, 0.05) is 4.75 Å². The van der Waals surface area contributed by atoms with Crippen LogP contribution in [0.5, 0.6) is 5.75 Å². The molecule has 1 aromatic carbocycles. The number of nitrogens with one attached hydrogen (secondary N) is 1. The van der Waals surface area contributed by atoms with Gasteiger partial charge < -0.3 is 26.2 Å². The Kier molecular flexibility index (Phi) is 4.16. The Balaban J connectivity index is 1.70. The number of thioether (sulfide) groups is 1. The highest BCUT2D eigenvalue weighted by molar-refractivity contribution is 8.01. The number of aromatic hydroxyl groups is 1. The fourth-order valence-corrected chi connectivity index (χ4v) is 4.85. The second-order valence-electron chi connectivity index (χ2n) is 6.65. The van der Waals surface area contributed by atoms with E-state index in [1.165, 1.54) is 40.9 Å². The predicted molar refractivity (Wildman–Crippen MR) is 90.7 cm³/mol. The van der Waals surface area contributed by atoms with Crippen molar-refractivity contribution in [2.75, 3.05) is 0 Å². The monoisotopic (exact) mass is 365 g/mol. The van der Waals surface area contributed by atoms with Crippen molar-refractivity contribution in [3.63, 3.8) is 0 Å². The third-order valence-electron chi connectivity index (χ3n) is 4.51. The number of aliphatic carboxylic acids is 1. The number of carbonyl (C=O) groups excluding carboxylic acids is 2. The molecule has 134 valence electrons. The second-order valence-corrected chi connectivity index (χ2v) is 8.42. The molecule has 4 atom stereocenters. The summed E-state index contributed by atoms with van der Waals surface area (Å²) in [6.45, 7) is 3.53. The number of fused-ring (bicyclic) bond motifs is 1. The zero-order valence-electron chi connectivity index (χ0n) is 13.7. The molecule has 2 saturated heterocycles. The molecule has 0 radical (unpaired) electrons. The first kappa shape index (κ1) is 17.6. The standard InChI is InChI=1S/C16H19N3O5S/c1-16(2)11(15(23)24)19-13(22)10(14(19)25-16)18-12(21)9(17)7-3-5-8(20)6-4-7/h3-6,9-11,14,20H,17H2,1-2H3,(H,18,21)(H,23,24)/t9?,10-,11?,14-/m0/s1. The summed E-state index contributed by atoms with van der Waals surface area (Å²) in [5.41, 5.74) is 6.41. The Morgan fingerprint density at radius 2 is 1.92 bits per heavy atom. The van der Waals surface area contributed by atoms with Crippen LogP contribution in [0.3, 0.4) is 0 Å². The number of β-lactam (4-membered cyclic amide) rings is 1. The molecule has 1 aromatic rings. The molecule has 2 aliphatic rings. The Morgan fingerprint density at radius 3 is 2.48 bits per heavy atom. The van der Waals surface area contributed by atoms with E-state index in [2.05, 4.69) is 5.32 Å². The summed E-state index contributed by atoms with van der Waals surface area (Å²) in [5.74, 6) is -1.94. The lowest BCUT2D eigenvalue weighted by Crippen LogP contribution is -2.71. The number of carboxylic acids is 1. The highest BCUT2D eigenvalue weighted by Crippen LogP contribution is 2.50. The Bertz CT molecular complexity index is 736. The van der Waals surface area contributed by atoms with Crippen LogP contribution in [-0.4, -0.2) is 55.1 Å². The topological polar surface area (TPSA) is 133 Å². The number of carbonyl (C=O) groups is 3. The third-order valence-corrected chi connectivity index (χ3v) is 6.08. The van der Waals surface area contributed by atoms with Crippen LogP contribution in [0.2, 0.25) is 0 Å². The van der Waals surface area contributed by atoms with Crippen molar-refractivity contribution in [1.82, 2.24) is 10.2 Å². The number of nitrogens with zero attached hydrogens (tertiary/aromatic N) is 1. The quantitative estimate of drug-likeness (QED) is 0.553. The van der Waals surface area contributed by atoms with E-state index >= 15 is 0 Å². The molecule has 2 unspecified atom stereocenters. The molecule has 25 heavy (non-hydrogen) atoms. The predicted octanol–water partition coefficient (Wildman–Crippen LogP) is 0.0237. The average molecular weight is 365 g/mol. The van der Waals surface area contributed by atoms with Crippen molar-refractivity contribution in [2.45, 2.75) is 42.1 Å². The van der Waals surface area contributed by atoms with Crippen molar-refractivity contribution >= 4 is 29.5 Å². The third kappa shape index (κ3) is 2.83. The number of carboxylic acid groups (broad SMARTS) is 1. The van der Waals surface area contributed by atoms with Gasteiger partial charge in [0.2, 0.25) is 11.8 Å². The molecular formula is C16H19N3O5S. The average Bonchev–Trinajstić information content (AvgIpc) is 2.80. The van der Waals surface area contributed by atoms with Gasteiger partial charge in [0.15, 0.2) is 0 Å². The number of rotatable bonds is 4. The molecule has 0 spiro atoms. The van der Waals surface area contributed by atoms with Gasteiger partial charge in [-0.1, -0.05) is 12.1 Å². The van der Waals surface area contributed by atoms with Gasteiger partial charge >= 0.3 is 5.97 Å². The fraction of sp³-hybridized carbons (Fsp3) is 0.438. The van der Waals surface area contributed by atoms with Crippen LogP contribution in [-0.2, 0) is 14.4 Å². The maximum absolute atomic E-state index is 12.3. The zero-order valence-corrected chi connectivity index (χ0v) is 14.5.